The Bertz CT molecular complexity index is 2090. The first kappa shape index (κ1) is 57.5. The fourth-order valence-corrected chi connectivity index (χ4v) is 7.42. The van der Waals surface area contributed by atoms with Crippen molar-refractivity contribution in [2.45, 2.75) is 143 Å². The number of ether oxygens (including phenoxy) is 1. The van der Waals surface area contributed by atoms with Crippen LogP contribution in [0.4, 0.5) is 4.79 Å². The van der Waals surface area contributed by atoms with Crippen molar-refractivity contribution in [2.24, 2.45) is 11.3 Å². The van der Waals surface area contributed by atoms with Crippen molar-refractivity contribution in [2.75, 3.05) is 27.2 Å². The lowest BCUT2D eigenvalue weighted by Gasteiger charge is -2.42. The highest BCUT2D eigenvalue weighted by molar-refractivity contribution is 6.12. The molecule has 0 fully saturated rings. The van der Waals surface area contributed by atoms with Gasteiger partial charge in [0.15, 0.2) is 0 Å². The number of likely N-dealkylation sites (N-methyl/N-ethyl adjacent to an activating group) is 2. The molecule has 1 aromatic rings. The van der Waals surface area contributed by atoms with Crippen LogP contribution >= 0.6 is 0 Å². The highest BCUT2D eigenvalue weighted by Crippen LogP contribution is 2.32. The van der Waals surface area contributed by atoms with Gasteiger partial charge in [-0.15, -0.1) is 0 Å². The van der Waals surface area contributed by atoms with E-state index in [0.717, 1.165) is 22.6 Å². The Hall–Kier alpha value is -6.60. The van der Waals surface area contributed by atoms with E-state index in [1.807, 2.05) is 44.2 Å². The number of imide groups is 1. The van der Waals surface area contributed by atoms with Crippen molar-refractivity contribution >= 4 is 59.4 Å². The molecule has 1 aliphatic rings. The largest absolute Gasteiger partial charge is 0.481 e. The average Bonchev–Trinajstić information content (AvgIpc) is 3.55. The first-order valence-electron chi connectivity index (χ1n) is 22.4. The van der Waals surface area contributed by atoms with Crippen molar-refractivity contribution in [1.29, 1.82) is 0 Å². The number of nitrogens with zero attached hydrogens (tertiary/aromatic N) is 3. The number of hydrogen-bond donors (Lipinski definition) is 6. The van der Waals surface area contributed by atoms with E-state index in [-0.39, 0.29) is 37.4 Å². The standard InChI is InChI=1S/C48H71N7O13/c1-28(2)33(53(12)43(64)38(46(4,5)6)52-42(63)39(54(13)45(67)68-47(7,8)9)48(10,11)30-17-15-14-16-18-30)27-29(3)40(61)50-31(41(62)51-32(44(65)66)20-24-37(59)60)19-21-34(56)49-25-26-55-35(57)22-23-36(55)58/h14-18,22-23,27-28,31-33,38-39H,19-21,24-26H2,1-13H3,(H,49,56)(H,50,61)(H,51,62)(H,52,63)(H,59,60)(H,65,66)/b29-27+/t31-,32-,33-,38?,39-/m1/s1. The summed E-state index contributed by atoms with van der Waals surface area (Å²) in [5.74, 6) is -7.85. The van der Waals surface area contributed by atoms with Gasteiger partial charge >= 0.3 is 18.0 Å². The Labute approximate surface area is 398 Å². The van der Waals surface area contributed by atoms with Crippen LogP contribution in [0.1, 0.15) is 107 Å². The van der Waals surface area contributed by atoms with E-state index >= 15 is 0 Å². The normalized spacial score (nSPS) is 15.4. The van der Waals surface area contributed by atoms with Crippen molar-refractivity contribution in [1.82, 2.24) is 36.0 Å². The fraction of sp³-hybridized carbons (Fsp3) is 0.583. The number of aliphatic carboxylic acids is 2. The van der Waals surface area contributed by atoms with Crippen LogP contribution in [0.2, 0.25) is 0 Å². The molecule has 1 aliphatic heterocycles. The Morgan fingerprint density at radius 2 is 1.32 bits per heavy atom. The van der Waals surface area contributed by atoms with Crippen molar-refractivity contribution in [3.63, 3.8) is 0 Å². The van der Waals surface area contributed by atoms with Gasteiger partial charge in [0.25, 0.3) is 11.8 Å². The highest BCUT2D eigenvalue weighted by atomic mass is 16.6. The summed E-state index contributed by atoms with van der Waals surface area (Å²) in [4.78, 5) is 133. The summed E-state index contributed by atoms with van der Waals surface area (Å²) in [5, 5.41) is 29.1. The number of nitrogens with one attached hydrogen (secondary N) is 4. The highest BCUT2D eigenvalue weighted by Gasteiger charge is 2.46. The molecule has 20 heteroatoms. The van der Waals surface area contributed by atoms with Crippen LogP contribution in [0.25, 0.3) is 0 Å². The Morgan fingerprint density at radius 1 is 0.765 bits per heavy atom. The number of hydrogen-bond acceptors (Lipinski definition) is 11. The summed E-state index contributed by atoms with van der Waals surface area (Å²) in [5.41, 5.74) is -1.99. The minimum atomic E-state index is -1.65. The third kappa shape index (κ3) is 16.9. The van der Waals surface area contributed by atoms with Gasteiger partial charge in [0.1, 0.15) is 29.8 Å². The summed E-state index contributed by atoms with van der Waals surface area (Å²) in [6.07, 6.45) is 1.14. The number of rotatable bonds is 23. The fourth-order valence-electron chi connectivity index (χ4n) is 7.42. The summed E-state index contributed by atoms with van der Waals surface area (Å²) in [6.45, 7) is 18.9. The van der Waals surface area contributed by atoms with E-state index in [9.17, 15) is 53.1 Å². The van der Waals surface area contributed by atoms with Crippen LogP contribution in [0, 0.1) is 11.3 Å². The molecule has 68 heavy (non-hydrogen) atoms. The number of carboxylic acids is 2. The first-order chi connectivity index (χ1) is 31.3. The molecule has 376 valence electrons. The summed E-state index contributed by atoms with van der Waals surface area (Å²) < 4.78 is 5.66. The lowest BCUT2D eigenvalue weighted by molar-refractivity contribution is -0.143. The van der Waals surface area contributed by atoms with E-state index in [1.54, 1.807) is 55.4 Å². The SMILES string of the molecule is C/C(=C\[C@H](C(C)C)N(C)C(=O)C(NC(=O)[C@@H](N(C)C(=O)OC(C)(C)C)C(C)(C)c1ccccc1)C(C)(C)C)C(=O)N[C@H](CCC(=O)NCCN1C(=O)C=CC1=O)C(=O)N[C@H](CCC(=O)O)C(=O)O. The molecule has 6 N–H and O–H groups in total. The maximum absolute atomic E-state index is 14.7. The van der Waals surface area contributed by atoms with E-state index in [4.69, 9.17) is 9.84 Å². The molecular weight excluding hydrogens is 883 g/mol. The molecule has 5 atom stereocenters. The van der Waals surface area contributed by atoms with Gasteiger partial charge in [0, 0.05) is 63.2 Å². The first-order valence-corrected chi connectivity index (χ1v) is 22.4. The molecule has 0 saturated carbocycles. The van der Waals surface area contributed by atoms with Crippen LogP contribution in [0.15, 0.2) is 54.1 Å². The second-order valence-electron chi connectivity index (χ2n) is 19.8. The maximum atomic E-state index is 14.7. The van der Waals surface area contributed by atoms with E-state index in [2.05, 4.69) is 21.3 Å². The zero-order valence-electron chi connectivity index (χ0n) is 41.6. The minimum Gasteiger partial charge on any atom is -0.481 e. The molecule has 1 heterocycles. The molecule has 1 unspecified atom stereocenters. The second kappa shape index (κ2) is 24.4. The van der Waals surface area contributed by atoms with E-state index in [0.29, 0.717) is 0 Å². The number of benzene rings is 1. The van der Waals surface area contributed by atoms with Gasteiger partial charge in [0.05, 0.1) is 6.04 Å². The van der Waals surface area contributed by atoms with Crippen molar-refractivity contribution < 1.29 is 62.9 Å². The lowest BCUT2D eigenvalue weighted by atomic mass is 9.76. The molecule has 0 radical (unpaired) electrons. The number of carbonyl (C=O) groups is 10. The second-order valence-corrected chi connectivity index (χ2v) is 19.8. The molecule has 0 aromatic heterocycles. The molecule has 1 aromatic carbocycles. The van der Waals surface area contributed by atoms with Crippen LogP contribution < -0.4 is 21.3 Å². The lowest BCUT2D eigenvalue weighted by Crippen LogP contribution is -2.63. The summed E-state index contributed by atoms with van der Waals surface area (Å²) in [6, 6.07) is 2.86. The quantitative estimate of drug-likeness (QED) is 0.0681. The molecule has 20 nitrogen and oxygen atoms in total. The molecule has 0 bridgehead atoms. The van der Waals surface area contributed by atoms with Crippen LogP contribution in [-0.4, -0.2) is 147 Å². The third-order valence-electron chi connectivity index (χ3n) is 11.3. The topological polar surface area (TPSA) is 278 Å². The number of amides is 8. The van der Waals surface area contributed by atoms with Crippen LogP contribution in [0.3, 0.4) is 0 Å². The van der Waals surface area contributed by atoms with Gasteiger partial charge in [-0.2, -0.15) is 0 Å². The predicted octanol–water partition coefficient (Wildman–Crippen LogP) is 2.90. The van der Waals surface area contributed by atoms with Crippen LogP contribution in [0.5, 0.6) is 0 Å². The van der Waals surface area contributed by atoms with Crippen molar-refractivity contribution in [3.05, 3.63) is 59.7 Å². The van der Waals surface area contributed by atoms with Gasteiger partial charge < -0.3 is 41.1 Å². The Morgan fingerprint density at radius 3 is 1.82 bits per heavy atom. The third-order valence-corrected chi connectivity index (χ3v) is 11.3. The zero-order valence-corrected chi connectivity index (χ0v) is 41.6. The molecule has 0 aliphatic carbocycles. The summed E-state index contributed by atoms with van der Waals surface area (Å²) >= 11 is 0. The van der Waals surface area contributed by atoms with Gasteiger partial charge in [-0.25, -0.2) is 9.59 Å². The van der Waals surface area contributed by atoms with Gasteiger partial charge in [-0.05, 0) is 57.4 Å². The molecular formula is C48H71N7O13. The molecule has 0 spiro atoms. The van der Waals surface area contributed by atoms with Gasteiger partial charge in [-0.1, -0.05) is 84.9 Å². The monoisotopic (exact) mass is 954 g/mol. The average molecular weight is 954 g/mol. The Kier molecular flexibility index (Phi) is 20.7. The van der Waals surface area contributed by atoms with Crippen LogP contribution in [-0.2, 0) is 53.3 Å². The molecule has 8 amide bonds. The van der Waals surface area contributed by atoms with E-state index < -0.39 is 119 Å². The summed E-state index contributed by atoms with van der Waals surface area (Å²) in [7, 11) is 2.98. The Balaban J connectivity index is 2.45. The molecule has 0 saturated heterocycles. The smallest absolute Gasteiger partial charge is 0.410 e. The molecule has 2 rings (SSSR count). The number of carbonyl (C=O) groups excluding carboxylic acids is 8. The number of carboxylic acid groups (broad SMARTS) is 2. The maximum Gasteiger partial charge on any atom is 0.410 e. The zero-order chi connectivity index (χ0) is 52.1. The van der Waals surface area contributed by atoms with Gasteiger partial charge in [0.2, 0.25) is 29.5 Å². The minimum absolute atomic E-state index is 0.0276. The van der Waals surface area contributed by atoms with Crippen molar-refractivity contribution in [3.8, 4) is 0 Å². The van der Waals surface area contributed by atoms with E-state index in [1.165, 1.54) is 36.9 Å². The predicted molar refractivity (Wildman–Crippen MR) is 250 cm³/mol. The van der Waals surface area contributed by atoms with Gasteiger partial charge in [-0.3, -0.25) is 48.2 Å².